The van der Waals surface area contributed by atoms with Gasteiger partial charge in [0.15, 0.2) is 0 Å². The predicted octanol–water partition coefficient (Wildman–Crippen LogP) is 6.65. The van der Waals surface area contributed by atoms with Crippen molar-refractivity contribution in [3.8, 4) is 11.3 Å². The summed E-state index contributed by atoms with van der Waals surface area (Å²) in [6.45, 7) is -0.0831. The number of furan rings is 1. The number of nitro groups is 1. The monoisotopic (exact) mass is 536 g/mol. The molecule has 1 aliphatic rings. The molecule has 1 saturated heterocycles. The number of hydrogen-bond acceptors (Lipinski definition) is 6. The van der Waals surface area contributed by atoms with E-state index in [0.717, 1.165) is 22.7 Å². The van der Waals surface area contributed by atoms with Gasteiger partial charge in [0.1, 0.15) is 17.3 Å². The average molecular weight is 538 g/mol. The lowest BCUT2D eigenvalue weighted by Gasteiger charge is -2.13. The molecule has 0 N–H and O–H groups in total. The maximum absolute atomic E-state index is 13.2. The molecule has 2 amide bonds. The highest BCUT2D eigenvalue weighted by Gasteiger charge is 2.35. The van der Waals surface area contributed by atoms with Gasteiger partial charge in [0.2, 0.25) is 0 Å². The third kappa shape index (κ3) is 4.47. The summed E-state index contributed by atoms with van der Waals surface area (Å²) in [4.78, 5) is 36.6. The van der Waals surface area contributed by atoms with Crippen LogP contribution in [0.3, 0.4) is 0 Å². The van der Waals surface area contributed by atoms with Crippen molar-refractivity contribution >= 4 is 62.2 Å². The topological polar surface area (TPSA) is 93.7 Å². The Morgan fingerprint density at radius 2 is 1.97 bits per heavy atom. The van der Waals surface area contributed by atoms with Crippen LogP contribution in [0.15, 0.2) is 62.3 Å². The van der Waals surface area contributed by atoms with Crippen LogP contribution in [-0.4, -0.2) is 21.0 Å². The SMILES string of the molecule is O=C1S/C(=C/c2ccc(-c3ccc([N+](=O)[O-])cc3Br)o2)C(=O)N1Cc1ccc(F)cc1Cl. The Balaban J connectivity index is 1.55. The van der Waals surface area contributed by atoms with E-state index in [9.17, 15) is 24.1 Å². The molecular weight excluding hydrogens is 527 g/mol. The lowest BCUT2D eigenvalue weighted by atomic mass is 10.1. The molecule has 0 unspecified atom stereocenters. The zero-order valence-corrected chi connectivity index (χ0v) is 19.0. The molecule has 0 radical (unpaired) electrons. The Labute approximate surface area is 198 Å². The average Bonchev–Trinajstić information content (AvgIpc) is 3.29. The van der Waals surface area contributed by atoms with Crippen LogP contribution < -0.4 is 0 Å². The molecule has 1 fully saturated rings. The van der Waals surface area contributed by atoms with Crippen molar-refractivity contribution in [2.24, 2.45) is 0 Å². The Morgan fingerprint density at radius 3 is 2.66 bits per heavy atom. The first kappa shape index (κ1) is 22.3. The Morgan fingerprint density at radius 1 is 1.19 bits per heavy atom. The Kier molecular flexibility index (Phi) is 6.18. The fourth-order valence-corrected chi connectivity index (χ4v) is 4.59. The summed E-state index contributed by atoms with van der Waals surface area (Å²) >= 11 is 10.1. The fraction of sp³-hybridized carbons (Fsp3) is 0.0476. The molecule has 11 heteroatoms. The Bertz CT molecular complexity index is 1310. The quantitative estimate of drug-likeness (QED) is 0.206. The Hall–Kier alpha value is -2.95. The summed E-state index contributed by atoms with van der Waals surface area (Å²) < 4.78 is 19.5. The molecule has 162 valence electrons. The van der Waals surface area contributed by atoms with E-state index >= 15 is 0 Å². The third-order valence-electron chi connectivity index (χ3n) is 4.55. The number of non-ortho nitro benzene ring substituents is 1. The molecule has 1 aromatic heterocycles. The van der Waals surface area contributed by atoms with Gasteiger partial charge in [-0.25, -0.2) is 4.39 Å². The summed E-state index contributed by atoms with van der Waals surface area (Å²) in [5.41, 5.74) is 0.969. The first-order valence-corrected chi connectivity index (χ1v) is 10.9. The number of carbonyl (C=O) groups is 2. The minimum absolute atomic E-state index is 0.0673. The first-order chi connectivity index (χ1) is 15.2. The van der Waals surface area contributed by atoms with E-state index in [1.54, 1.807) is 18.2 Å². The summed E-state index contributed by atoms with van der Waals surface area (Å²) in [6, 6.07) is 11.3. The second-order valence-corrected chi connectivity index (χ2v) is 8.88. The molecule has 2 aromatic carbocycles. The van der Waals surface area contributed by atoms with Gasteiger partial charge >= 0.3 is 0 Å². The van der Waals surface area contributed by atoms with Crippen molar-refractivity contribution in [1.29, 1.82) is 0 Å². The van der Waals surface area contributed by atoms with Crippen LogP contribution in [0.2, 0.25) is 5.02 Å². The number of rotatable bonds is 5. The summed E-state index contributed by atoms with van der Waals surface area (Å²) in [7, 11) is 0. The van der Waals surface area contributed by atoms with E-state index in [-0.39, 0.29) is 22.2 Å². The van der Waals surface area contributed by atoms with Crippen LogP contribution in [0, 0.1) is 15.9 Å². The zero-order chi connectivity index (χ0) is 23.0. The van der Waals surface area contributed by atoms with E-state index in [1.807, 2.05) is 0 Å². The number of thioether (sulfide) groups is 1. The molecule has 0 saturated carbocycles. The van der Waals surface area contributed by atoms with Gasteiger partial charge in [-0.3, -0.25) is 24.6 Å². The van der Waals surface area contributed by atoms with Crippen LogP contribution in [0.5, 0.6) is 0 Å². The molecule has 32 heavy (non-hydrogen) atoms. The van der Waals surface area contributed by atoms with Gasteiger partial charge in [0.05, 0.1) is 16.4 Å². The minimum atomic E-state index is -0.519. The molecule has 0 aliphatic carbocycles. The fourth-order valence-electron chi connectivity index (χ4n) is 2.98. The highest BCUT2D eigenvalue weighted by atomic mass is 79.9. The van der Waals surface area contributed by atoms with Gasteiger partial charge in [-0.2, -0.15) is 0 Å². The largest absolute Gasteiger partial charge is 0.457 e. The first-order valence-electron chi connectivity index (χ1n) is 8.96. The van der Waals surface area contributed by atoms with Crippen LogP contribution in [0.1, 0.15) is 11.3 Å². The van der Waals surface area contributed by atoms with Crippen LogP contribution in [-0.2, 0) is 11.3 Å². The highest BCUT2D eigenvalue weighted by molar-refractivity contribution is 9.10. The van der Waals surface area contributed by atoms with Gasteiger partial charge in [0, 0.05) is 33.3 Å². The summed E-state index contributed by atoms with van der Waals surface area (Å²) in [6.07, 6.45) is 1.44. The number of amides is 2. The van der Waals surface area contributed by atoms with Gasteiger partial charge in [-0.05, 0) is 63.6 Å². The smallest absolute Gasteiger partial charge is 0.293 e. The van der Waals surface area contributed by atoms with E-state index in [4.69, 9.17) is 16.0 Å². The van der Waals surface area contributed by atoms with E-state index in [0.29, 0.717) is 27.1 Å². The number of carbonyl (C=O) groups excluding carboxylic acids is 2. The zero-order valence-electron chi connectivity index (χ0n) is 15.9. The van der Waals surface area contributed by atoms with Crippen LogP contribution >= 0.6 is 39.3 Å². The van der Waals surface area contributed by atoms with Crippen molar-refractivity contribution < 1.29 is 23.3 Å². The third-order valence-corrected chi connectivity index (χ3v) is 6.46. The molecular formula is C21H11BrClFN2O5S. The van der Waals surface area contributed by atoms with Gasteiger partial charge in [0.25, 0.3) is 16.8 Å². The van der Waals surface area contributed by atoms with Crippen molar-refractivity contribution in [3.05, 3.63) is 90.2 Å². The summed E-state index contributed by atoms with van der Waals surface area (Å²) in [5, 5.41) is 10.5. The molecule has 4 rings (SSSR count). The predicted molar refractivity (Wildman–Crippen MR) is 121 cm³/mol. The lowest BCUT2D eigenvalue weighted by molar-refractivity contribution is -0.384. The highest BCUT2D eigenvalue weighted by Crippen LogP contribution is 2.36. The van der Waals surface area contributed by atoms with E-state index < -0.39 is 21.9 Å². The number of nitro benzene ring substituents is 1. The van der Waals surface area contributed by atoms with Crippen LogP contribution in [0.4, 0.5) is 14.9 Å². The molecule has 3 aromatic rings. The van der Waals surface area contributed by atoms with E-state index in [2.05, 4.69) is 15.9 Å². The van der Waals surface area contributed by atoms with Crippen molar-refractivity contribution in [1.82, 2.24) is 4.90 Å². The van der Waals surface area contributed by atoms with Gasteiger partial charge in [-0.1, -0.05) is 17.7 Å². The number of halogens is 3. The van der Waals surface area contributed by atoms with Gasteiger partial charge < -0.3 is 4.42 Å². The number of nitrogens with zero attached hydrogens (tertiary/aromatic N) is 2. The summed E-state index contributed by atoms with van der Waals surface area (Å²) in [5.74, 6) is -0.276. The van der Waals surface area contributed by atoms with Crippen molar-refractivity contribution in [2.75, 3.05) is 0 Å². The molecule has 0 spiro atoms. The van der Waals surface area contributed by atoms with Crippen molar-refractivity contribution in [2.45, 2.75) is 6.54 Å². The van der Waals surface area contributed by atoms with Gasteiger partial charge in [-0.15, -0.1) is 0 Å². The van der Waals surface area contributed by atoms with E-state index in [1.165, 1.54) is 30.3 Å². The van der Waals surface area contributed by atoms with Crippen molar-refractivity contribution in [3.63, 3.8) is 0 Å². The normalized spacial score (nSPS) is 15.1. The molecule has 0 atom stereocenters. The maximum Gasteiger partial charge on any atom is 0.293 e. The standard InChI is InChI=1S/C21H11BrClFN2O5S/c22-16-8-13(26(29)30)3-5-15(16)18-6-4-14(31-18)9-19-20(27)25(21(28)32-19)10-11-1-2-12(24)7-17(11)23/h1-9H,10H2/b19-9+. The van der Waals surface area contributed by atoms with Crippen LogP contribution in [0.25, 0.3) is 17.4 Å². The molecule has 1 aliphatic heterocycles. The molecule has 2 heterocycles. The molecule has 0 bridgehead atoms. The number of imide groups is 1. The second-order valence-electron chi connectivity index (χ2n) is 6.63. The maximum atomic E-state index is 13.2. The lowest BCUT2D eigenvalue weighted by Crippen LogP contribution is -2.27. The second kappa shape index (κ2) is 8.89. The minimum Gasteiger partial charge on any atom is -0.457 e. The number of benzene rings is 2. The number of hydrogen-bond donors (Lipinski definition) is 0. The molecule has 7 nitrogen and oxygen atoms in total.